The first-order chi connectivity index (χ1) is 19.0. The van der Waals surface area contributed by atoms with E-state index < -0.39 is 46.1 Å². The van der Waals surface area contributed by atoms with Crippen LogP contribution in [-0.2, 0) is 26.2 Å². The van der Waals surface area contributed by atoms with Crippen molar-refractivity contribution in [2.24, 2.45) is 0 Å². The van der Waals surface area contributed by atoms with Crippen LogP contribution in [0.4, 0.5) is 14.5 Å². The lowest BCUT2D eigenvalue weighted by atomic mass is 10.1. The average molecular weight is 572 g/mol. The summed E-state index contributed by atoms with van der Waals surface area (Å²) >= 11 is 0. The lowest BCUT2D eigenvalue weighted by Gasteiger charge is -2.33. The number of hydrogen-bond acceptors (Lipinski definition) is 4. The Balaban J connectivity index is 2.06. The summed E-state index contributed by atoms with van der Waals surface area (Å²) in [7, 11) is -4.38. The lowest BCUT2D eigenvalue weighted by molar-refractivity contribution is -0.140. The molecule has 0 saturated carbocycles. The second-order valence-corrected chi connectivity index (χ2v) is 11.5. The summed E-state index contributed by atoms with van der Waals surface area (Å²) in [5, 5.41) is 2.88. The smallest absolute Gasteiger partial charge is 0.264 e. The van der Waals surface area contributed by atoms with E-state index in [-0.39, 0.29) is 29.6 Å². The highest BCUT2D eigenvalue weighted by molar-refractivity contribution is 7.92. The molecule has 0 aliphatic carbocycles. The van der Waals surface area contributed by atoms with Crippen LogP contribution in [0.3, 0.4) is 0 Å². The third kappa shape index (κ3) is 7.44. The van der Waals surface area contributed by atoms with E-state index >= 15 is 0 Å². The number of nitrogens with one attached hydrogen (secondary N) is 1. The van der Waals surface area contributed by atoms with Gasteiger partial charge >= 0.3 is 0 Å². The van der Waals surface area contributed by atoms with E-state index in [2.05, 4.69) is 5.32 Å². The van der Waals surface area contributed by atoms with E-state index in [0.29, 0.717) is 12.0 Å². The van der Waals surface area contributed by atoms with E-state index in [1.807, 2.05) is 13.8 Å². The molecule has 0 saturated heterocycles. The van der Waals surface area contributed by atoms with Crippen LogP contribution in [0.2, 0.25) is 0 Å². The summed E-state index contributed by atoms with van der Waals surface area (Å²) in [6.45, 7) is 6.45. The van der Waals surface area contributed by atoms with Gasteiger partial charge in [-0.05, 0) is 68.7 Å². The predicted molar refractivity (Wildman–Crippen MR) is 151 cm³/mol. The first-order valence-electron chi connectivity index (χ1n) is 13.2. The van der Waals surface area contributed by atoms with Gasteiger partial charge in [0.2, 0.25) is 11.8 Å². The molecule has 3 aromatic carbocycles. The van der Waals surface area contributed by atoms with Gasteiger partial charge in [0.1, 0.15) is 24.2 Å². The fourth-order valence-electron chi connectivity index (χ4n) is 4.15. The van der Waals surface area contributed by atoms with Crippen molar-refractivity contribution in [2.75, 3.05) is 10.8 Å². The van der Waals surface area contributed by atoms with Crippen molar-refractivity contribution < 1.29 is 26.8 Å². The molecule has 3 rings (SSSR count). The van der Waals surface area contributed by atoms with Crippen molar-refractivity contribution in [2.45, 2.75) is 64.1 Å². The normalized spacial score (nSPS) is 12.8. The maximum absolute atomic E-state index is 15.0. The molecule has 0 radical (unpaired) electrons. The van der Waals surface area contributed by atoms with E-state index in [4.69, 9.17) is 0 Å². The summed E-state index contributed by atoms with van der Waals surface area (Å²) in [4.78, 5) is 28.3. The SMILES string of the molecule is CC[C@@H](C)NC(=O)[C@@H](CC)N(Cc1ccc(F)cc1)C(=O)CN(c1ccccc1F)S(=O)(=O)c1ccc(C)cc1. The average Bonchev–Trinajstić information content (AvgIpc) is 2.93. The summed E-state index contributed by atoms with van der Waals surface area (Å²) in [5.74, 6) is -2.39. The largest absolute Gasteiger partial charge is 0.352 e. The van der Waals surface area contributed by atoms with Gasteiger partial charge < -0.3 is 10.2 Å². The van der Waals surface area contributed by atoms with Gasteiger partial charge in [0.05, 0.1) is 10.6 Å². The number of sulfonamides is 1. The van der Waals surface area contributed by atoms with Crippen LogP contribution in [0.15, 0.2) is 77.7 Å². The van der Waals surface area contributed by atoms with Crippen molar-refractivity contribution in [3.8, 4) is 0 Å². The lowest BCUT2D eigenvalue weighted by Crippen LogP contribution is -2.53. The maximum Gasteiger partial charge on any atom is 0.264 e. The second kappa shape index (κ2) is 13.5. The Morgan fingerprint density at radius 2 is 1.52 bits per heavy atom. The molecule has 2 amide bonds. The van der Waals surface area contributed by atoms with Crippen molar-refractivity contribution in [1.82, 2.24) is 10.2 Å². The molecule has 0 unspecified atom stereocenters. The molecule has 0 aliphatic rings. The number of amides is 2. The second-order valence-electron chi connectivity index (χ2n) is 9.67. The van der Waals surface area contributed by atoms with Gasteiger partial charge in [0.25, 0.3) is 10.0 Å². The Bertz CT molecular complexity index is 1410. The maximum atomic E-state index is 15.0. The number of anilines is 1. The number of aryl methyl sites for hydroxylation is 1. The number of benzene rings is 3. The summed E-state index contributed by atoms with van der Waals surface area (Å²) in [5.41, 5.74) is 1.08. The first-order valence-corrected chi connectivity index (χ1v) is 14.6. The molecule has 2 atom stereocenters. The van der Waals surface area contributed by atoms with Gasteiger partial charge in [-0.15, -0.1) is 0 Å². The van der Waals surface area contributed by atoms with E-state index in [1.54, 1.807) is 26.0 Å². The number of hydrogen-bond donors (Lipinski definition) is 1. The van der Waals surface area contributed by atoms with E-state index in [9.17, 15) is 26.8 Å². The van der Waals surface area contributed by atoms with E-state index in [0.717, 1.165) is 15.9 Å². The molecule has 214 valence electrons. The van der Waals surface area contributed by atoms with Crippen molar-refractivity contribution in [3.63, 3.8) is 0 Å². The molecule has 0 fully saturated rings. The Morgan fingerprint density at radius 3 is 2.10 bits per heavy atom. The van der Waals surface area contributed by atoms with Crippen LogP contribution in [-0.4, -0.2) is 43.8 Å². The molecule has 7 nitrogen and oxygen atoms in total. The van der Waals surface area contributed by atoms with Crippen molar-refractivity contribution >= 4 is 27.5 Å². The zero-order chi connectivity index (χ0) is 29.4. The minimum absolute atomic E-state index is 0.0821. The monoisotopic (exact) mass is 571 g/mol. The topological polar surface area (TPSA) is 86.8 Å². The van der Waals surface area contributed by atoms with Gasteiger partial charge in [-0.2, -0.15) is 0 Å². The molecule has 1 N–H and O–H groups in total. The number of nitrogens with zero attached hydrogens (tertiary/aromatic N) is 2. The fraction of sp³-hybridized carbons (Fsp3) is 0.333. The van der Waals surface area contributed by atoms with Crippen LogP contribution < -0.4 is 9.62 Å². The van der Waals surface area contributed by atoms with Crippen molar-refractivity contribution in [1.29, 1.82) is 0 Å². The van der Waals surface area contributed by atoms with Crippen molar-refractivity contribution in [3.05, 3.63) is 95.6 Å². The molecule has 3 aromatic rings. The number of para-hydroxylation sites is 1. The first kappa shape index (κ1) is 30.7. The minimum atomic E-state index is -4.38. The number of carbonyl (C=O) groups is 2. The molecule has 0 heterocycles. The van der Waals surface area contributed by atoms with Gasteiger partial charge in [-0.3, -0.25) is 13.9 Å². The van der Waals surface area contributed by atoms with Gasteiger partial charge in [0, 0.05) is 12.6 Å². The molecule has 10 heteroatoms. The standard InChI is InChI=1S/C30H35F2N3O4S/c1-5-22(4)33-30(37)27(6-2)34(19-23-13-15-24(31)16-14-23)29(36)20-35(28-10-8-7-9-26(28)32)40(38,39)25-17-11-21(3)12-18-25/h7-18,22,27H,5-6,19-20H2,1-4H3,(H,33,37)/t22-,27-/m1/s1. The summed E-state index contributed by atoms with van der Waals surface area (Å²) in [6.07, 6.45) is 0.906. The molecule has 0 spiro atoms. The van der Waals surface area contributed by atoms with Crippen LogP contribution in [0.25, 0.3) is 0 Å². The third-order valence-electron chi connectivity index (χ3n) is 6.66. The quantitative estimate of drug-likeness (QED) is 0.324. The molecular formula is C30H35F2N3O4S. The predicted octanol–water partition coefficient (Wildman–Crippen LogP) is 5.19. The third-order valence-corrected chi connectivity index (χ3v) is 8.44. The Morgan fingerprint density at radius 1 is 0.900 bits per heavy atom. The van der Waals surface area contributed by atoms with E-state index in [1.165, 1.54) is 59.5 Å². The zero-order valence-corrected chi connectivity index (χ0v) is 23.9. The minimum Gasteiger partial charge on any atom is -0.352 e. The molecule has 0 aliphatic heterocycles. The van der Waals surface area contributed by atoms with Gasteiger partial charge in [-0.25, -0.2) is 17.2 Å². The Kier molecular flexibility index (Phi) is 10.4. The number of carbonyl (C=O) groups excluding carboxylic acids is 2. The highest BCUT2D eigenvalue weighted by atomic mass is 32.2. The molecule has 0 bridgehead atoms. The Labute approximate surface area is 234 Å². The zero-order valence-electron chi connectivity index (χ0n) is 23.1. The van der Waals surface area contributed by atoms with Gasteiger partial charge in [-0.1, -0.05) is 55.8 Å². The summed E-state index contributed by atoms with van der Waals surface area (Å²) in [6, 6.07) is 15.7. The van der Waals surface area contributed by atoms with Crippen LogP contribution in [0.5, 0.6) is 0 Å². The Hall–Kier alpha value is -3.79. The van der Waals surface area contributed by atoms with Crippen LogP contribution >= 0.6 is 0 Å². The van der Waals surface area contributed by atoms with Crippen LogP contribution in [0, 0.1) is 18.6 Å². The molecule has 0 aromatic heterocycles. The van der Waals surface area contributed by atoms with Gasteiger partial charge in [0.15, 0.2) is 0 Å². The summed E-state index contributed by atoms with van der Waals surface area (Å²) < 4.78 is 56.8. The fourth-order valence-corrected chi connectivity index (χ4v) is 5.57. The molecular weight excluding hydrogens is 536 g/mol. The number of rotatable bonds is 12. The molecule has 40 heavy (non-hydrogen) atoms. The number of halogens is 2. The highest BCUT2D eigenvalue weighted by Crippen LogP contribution is 2.27. The van der Waals surface area contributed by atoms with Crippen LogP contribution in [0.1, 0.15) is 44.7 Å². The highest BCUT2D eigenvalue weighted by Gasteiger charge is 2.34.